The van der Waals surface area contributed by atoms with Crippen LogP contribution in [-0.2, 0) is 4.74 Å². The van der Waals surface area contributed by atoms with E-state index < -0.39 is 0 Å². The van der Waals surface area contributed by atoms with Gasteiger partial charge in [-0.05, 0) is 13.0 Å². The number of morpholine rings is 1. The van der Waals surface area contributed by atoms with Gasteiger partial charge in [0.1, 0.15) is 0 Å². The second kappa shape index (κ2) is 6.02. The first-order chi connectivity index (χ1) is 8.68. The maximum absolute atomic E-state index is 12.1. The highest BCUT2D eigenvalue weighted by Gasteiger charge is 2.20. The average molecular weight is 251 g/mol. The minimum Gasteiger partial charge on any atom is -0.379 e. The first-order valence-corrected chi connectivity index (χ1v) is 6.38. The Hall–Kier alpha value is -1.33. The van der Waals surface area contributed by atoms with Gasteiger partial charge in [-0.1, -0.05) is 0 Å². The first-order valence-electron chi connectivity index (χ1n) is 6.38. The number of rotatable bonds is 4. The quantitative estimate of drug-likeness (QED) is 0.861. The molecule has 1 amide bonds. The molecule has 1 aromatic rings. The largest absolute Gasteiger partial charge is 0.379 e. The summed E-state index contributed by atoms with van der Waals surface area (Å²) in [6, 6.07) is 2.17. The predicted octanol–water partition coefficient (Wildman–Crippen LogP) is 0.807. The molecule has 5 heteroatoms. The van der Waals surface area contributed by atoms with E-state index in [2.05, 4.69) is 16.8 Å². The van der Waals surface area contributed by atoms with E-state index in [1.54, 1.807) is 23.4 Å². The molecule has 0 radical (unpaired) electrons. The Labute approximate surface area is 108 Å². The molecule has 2 rings (SSSR count). The normalized spacial score (nSPS) is 18.6. The van der Waals surface area contributed by atoms with Gasteiger partial charge in [-0.3, -0.25) is 9.69 Å². The molecule has 1 aliphatic heterocycles. The van der Waals surface area contributed by atoms with E-state index >= 15 is 0 Å². The van der Waals surface area contributed by atoms with Gasteiger partial charge in [0.25, 0.3) is 5.91 Å². The van der Waals surface area contributed by atoms with E-state index in [4.69, 9.17) is 4.74 Å². The Balaban J connectivity index is 1.86. The third-order valence-electron chi connectivity index (χ3n) is 3.40. The van der Waals surface area contributed by atoms with Gasteiger partial charge in [0.05, 0.1) is 18.8 Å². The van der Waals surface area contributed by atoms with Gasteiger partial charge in [0, 0.05) is 45.1 Å². The molecule has 1 fully saturated rings. The van der Waals surface area contributed by atoms with Crippen molar-refractivity contribution in [1.82, 2.24) is 14.8 Å². The Bertz CT molecular complexity index is 372. The summed E-state index contributed by atoms with van der Waals surface area (Å²) in [5.41, 5.74) is 0.715. The fourth-order valence-electron chi connectivity index (χ4n) is 2.29. The van der Waals surface area contributed by atoms with Gasteiger partial charge in [0.2, 0.25) is 0 Å². The highest BCUT2D eigenvalue weighted by molar-refractivity contribution is 5.93. The van der Waals surface area contributed by atoms with Crippen LogP contribution in [0.5, 0.6) is 0 Å². The lowest BCUT2D eigenvalue weighted by Gasteiger charge is -2.34. The van der Waals surface area contributed by atoms with E-state index in [-0.39, 0.29) is 5.91 Å². The molecule has 18 heavy (non-hydrogen) atoms. The number of carbonyl (C=O) groups is 1. The molecule has 1 saturated heterocycles. The van der Waals surface area contributed by atoms with Crippen molar-refractivity contribution >= 4 is 5.91 Å². The second-order valence-corrected chi connectivity index (χ2v) is 4.78. The van der Waals surface area contributed by atoms with Gasteiger partial charge < -0.3 is 14.6 Å². The average Bonchev–Trinajstić information content (AvgIpc) is 2.92. The molecular weight excluding hydrogens is 230 g/mol. The fourth-order valence-corrected chi connectivity index (χ4v) is 2.29. The number of likely N-dealkylation sites (N-methyl/N-ethyl adjacent to an activating group) is 1. The highest BCUT2D eigenvalue weighted by atomic mass is 16.5. The van der Waals surface area contributed by atoms with Crippen molar-refractivity contribution in [1.29, 1.82) is 0 Å². The summed E-state index contributed by atoms with van der Waals surface area (Å²) in [4.78, 5) is 19.1. The van der Waals surface area contributed by atoms with Gasteiger partial charge in [-0.2, -0.15) is 0 Å². The molecule has 1 aromatic heterocycles. The third kappa shape index (κ3) is 3.11. The van der Waals surface area contributed by atoms with Crippen molar-refractivity contribution < 1.29 is 9.53 Å². The highest BCUT2D eigenvalue weighted by Crippen LogP contribution is 2.07. The predicted molar refractivity (Wildman–Crippen MR) is 69.6 cm³/mol. The van der Waals surface area contributed by atoms with Crippen LogP contribution >= 0.6 is 0 Å². The molecule has 1 atom stereocenters. The van der Waals surface area contributed by atoms with E-state index in [1.165, 1.54) is 0 Å². The maximum atomic E-state index is 12.1. The molecule has 1 N–H and O–H groups in total. The smallest absolute Gasteiger partial charge is 0.255 e. The van der Waals surface area contributed by atoms with Gasteiger partial charge in [0.15, 0.2) is 0 Å². The lowest BCUT2D eigenvalue weighted by atomic mass is 10.2. The summed E-state index contributed by atoms with van der Waals surface area (Å²) < 4.78 is 5.33. The Morgan fingerprint density at radius 2 is 2.28 bits per heavy atom. The van der Waals surface area contributed by atoms with Crippen molar-refractivity contribution in [2.45, 2.75) is 13.0 Å². The SMILES string of the molecule is CC(CN(C)C(=O)c1cc[nH]c1)N1CCOCC1. The number of aromatic amines is 1. The Kier molecular flexibility index (Phi) is 4.38. The molecule has 0 spiro atoms. The summed E-state index contributed by atoms with van der Waals surface area (Å²) >= 11 is 0. The van der Waals surface area contributed by atoms with Crippen LogP contribution in [0.4, 0.5) is 0 Å². The van der Waals surface area contributed by atoms with Crippen molar-refractivity contribution in [3.63, 3.8) is 0 Å². The standard InChI is InChI=1S/C13H21N3O2/c1-11(16-5-7-18-8-6-16)10-15(2)13(17)12-3-4-14-9-12/h3-4,9,11,14H,5-8,10H2,1-2H3. The third-order valence-corrected chi connectivity index (χ3v) is 3.40. The summed E-state index contributed by atoms with van der Waals surface area (Å²) in [5.74, 6) is 0.0661. The van der Waals surface area contributed by atoms with Gasteiger partial charge in [-0.15, -0.1) is 0 Å². The minimum atomic E-state index is 0.0661. The van der Waals surface area contributed by atoms with Gasteiger partial charge in [-0.25, -0.2) is 0 Å². The number of hydrogen-bond acceptors (Lipinski definition) is 3. The molecule has 5 nitrogen and oxygen atoms in total. The number of amides is 1. The number of nitrogens with one attached hydrogen (secondary N) is 1. The van der Waals surface area contributed by atoms with Crippen LogP contribution in [0.3, 0.4) is 0 Å². The molecule has 1 unspecified atom stereocenters. The minimum absolute atomic E-state index is 0.0661. The van der Waals surface area contributed by atoms with Crippen LogP contribution in [0.2, 0.25) is 0 Å². The second-order valence-electron chi connectivity index (χ2n) is 4.78. The van der Waals surface area contributed by atoms with Crippen molar-refractivity contribution in [2.75, 3.05) is 39.9 Å². The molecule has 2 heterocycles. The van der Waals surface area contributed by atoms with Crippen molar-refractivity contribution in [3.8, 4) is 0 Å². The van der Waals surface area contributed by atoms with Gasteiger partial charge >= 0.3 is 0 Å². The number of aromatic nitrogens is 1. The van der Waals surface area contributed by atoms with Crippen LogP contribution in [0, 0.1) is 0 Å². The molecular formula is C13H21N3O2. The fraction of sp³-hybridized carbons (Fsp3) is 0.615. The molecule has 0 aliphatic carbocycles. The maximum Gasteiger partial charge on any atom is 0.255 e. The number of carbonyl (C=O) groups excluding carboxylic acids is 1. The summed E-state index contributed by atoms with van der Waals surface area (Å²) in [5, 5.41) is 0. The number of nitrogens with zero attached hydrogens (tertiary/aromatic N) is 2. The number of H-pyrrole nitrogens is 1. The lowest BCUT2D eigenvalue weighted by molar-refractivity contribution is 0.0142. The van der Waals surface area contributed by atoms with E-state index in [0.717, 1.165) is 32.8 Å². The lowest BCUT2D eigenvalue weighted by Crippen LogP contribution is -2.47. The Morgan fingerprint density at radius 1 is 1.56 bits per heavy atom. The Morgan fingerprint density at radius 3 is 2.89 bits per heavy atom. The molecule has 100 valence electrons. The topological polar surface area (TPSA) is 48.6 Å². The van der Waals surface area contributed by atoms with Crippen molar-refractivity contribution in [2.24, 2.45) is 0 Å². The van der Waals surface area contributed by atoms with Crippen LogP contribution < -0.4 is 0 Å². The monoisotopic (exact) mass is 251 g/mol. The number of hydrogen-bond donors (Lipinski definition) is 1. The molecule has 0 bridgehead atoms. The summed E-state index contributed by atoms with van der Waals surface area (Å²) in [7, 11) is 1.85. The van der Waals surface area contributed by atoms with E-state index in [1.807, 2.05) is 7.05 Å². The zero-order chi connectivity index (χ0) is 13.0. The zero-order valence-electron chi connectivity index (χ0n) is 11.1. The summed E-state index contributed by atoms with van der Waals surface area (Å²) in [6.45, 7) is 6.39. The van der Waals surface area contributed by atoms with Crippen LogP contribution in [0.1, 0.15) is 17.3 Å². The molecule has 0 saturated carbocycles. The van der Waals surface area contributed by atoms with Crippen LogP contribution in [0.15, 0.2) is 18.5 Å². The van der Waals surface area contributed by atoms with Crippen LogP contribution in [-0.4, -0.2) is 66.6 Å². The van der Waals surface area contributed by atoms with E-state index in [9.17, 15) is 4.79 Å². The van der Waals surface area contributed by atoms with E-state index in [0.29, 0.717) is 11.6 Å². The molecule has 0 aromatic carbocycles. The first kappa shape index (κ1) is 13.1. The molecule has 1 aliphatic rings. The summed E-state index contributed by atoms with van der Waals surface area (Å²) in [6.07, 6.45) is 3.50. The van der Waals surface area contributed by atoms with Crippen LogP contribution in [0.25, 0.3) is 0 Å². The van der Waals surface area contributed by atoms with Crippen molar-refractivity contribution in [3.05, 3.63) is 24.0 Å². The number of ether oxygens (including phenoxy) is 1. The zero-order valence-corrected chi connectivity index (χ0v) is 11.1.